The van der Waals surface area contributed by atoms with Crippen molar-refractivity contribution >= 4 is 33.1 Å². The van der Waals surface area contributed by atoms with Crippen molar-refractivity contribution in [2.24, 2.45) is 0 Å². The molecule has 1 fully saturated rings. The van der Waals surface area contributed by atoms with E-state index in [9.17, 15) is 18.3 Å². The summed E-state index contributed by atoms with van der Waals surface area (Å²) in [6, 6.07) is 6.69. The van der Waals surface area contributed by atoms with Crippen molar-refractivity contribution < 1.29 is 18.3 Å². The van der Waals surface area contributed by atoms with E-state index in [0.717, 1.165) is 0 Å². The molecular weight excluding hydrogens is 290 g/mol. The van der Waals surface area contributed by atoms with Crippen LogP contribution in [-0.4, -0.2) is 36.5 Å². The monoisotopic (exact) mass is 303 g/mol. The van der Waals surface area contributed by atoms with E-state index in [0.29, 0.717) is 17.1 Å². The highest BCUT2D eigenvalue weighted by molar-refractivity contribution is 7.91. The summed E-state index contributed by atoms with van der Waals surface area (Å²) < 4.78 is 23.4. The van der Waals surface area contributed by atoms with Gasteiger partial charge in [-0.1, -0.05) is 23.7 Å². The van der Waals surface area contributed by atoms with Crippen LogP contribution >= 0.6 is 11.6 Å². The molecule has 2 N–H and O–H groups in total. The van der Waals surface area contributed by atoms with Gasteiger partial charge in [0.05, 0.1) is 22.2 Å². The molecule has 0 radical (unpaired) electrons. The molecule has 1 aromatic carbocycles. The zero-order valence-electron chi connectivity index (χ0n) is 10.1. The van der Waals surface area contributed by atoms with Gasteiger partial charge in [0.15, 0.2) is 9.84 Å². The van der Waals surface area contributed by atoms with Gasteiger partial charge >= 0.3 is 5.97 Å². The molecule has 5 nitrogen and oxygen atoms in total. The fourth-order valence-corrected chi connectivity index (χ4v) is 4.26. The highest BCUT2D eigenvalue weighted by atomic mass is 35.5. The average molecular weight is 304 g/mol. The normalized spacial score (nSPS) is 25.7. The third kappa shape index (κ3) is 3.01. The van der Waals surface area contributed by atoms with Gasteiger partial charge in [0.2, 0.25) is 0 Å². The number of aliphatic carboxylic acids is 1. The lowest BCUT2D eigenvalue weighted by Gasteiger charge is -2.34. The van der Waals surface area contributed by atoms with E-state index in [1.54, 1.807) is 24.3 Å². The van der Waals surface area contributed by atoms with Gasteiger partial charge in [-0.3, -0.25) is 0 Å². The maximum Gasteiger partial charge on any atom is 0.330 e. The van der Waals surface area contributed by atoms with Crippen LogP contribution in [0.5, 0.6) is 0 Å². The van der Waals surface area contributed by atoms with Crippen LogP contribution in [-0.2, 0) is 14.6 Å². The number of sulfone groups is 1. The smallest absolute Gasteiger partial charge is 0.330 e. The lowest BCUT2D eigenvalue weighted by Crippen LogP contribution is -2.54. The molecule has 1 heterocycles. The predicted molar refractivity (Wildman–Crippen MR) is 73.3 cm³/mol. The number of hydrogen-bond acceptors (Lipinski definition) is 4. The van der Waals surface area contributed by atoms with Crippen LogP contribution < -0.4 is 5.32 Å². The number of rotatable bonds is 3. The largest absolute Gasteiger partial charge is 0.479 e. The van der Waals surface area contributed by atoms with Crippen LogP contribution in [0, 0.1) is 0 Å². The molecule has 1 unspecified atom stereocenters. The molecule has 104 valence electrons. The first kappa shape index (κ1) is 14.1. The second kappa shape index (κ2) is 5.02. The minimum atomic E-state index is -3.35. The van der Waals surface area contributed by atoms with E-state index in [1.165, 1.54) is 0 Å². The lowest BCUT2D eigenvalue weighted by atomic mass is 9.95. The summed E-state index contributed by atoms with van der Waals surface area (Å²) in [6.07, 6.45) is 0.582. The van der Waals surface area contributed by atoms with Crippen molar-refractivity contribution in [2.45, 2.75) is 18.4 Å². The van der Waals surface area contributed by atoms with Gasteiger partial charge in [-0.15, -0.1) is 0 Å². The topological polar surface area (TPSA) is 83.5 Å². The van der Waals surface area contributed by atoms with Crippen LogP contribution in [0.4, 0.5) is 5.69 Å². The van der Waals surface area contributed by atoms with Crippen molar-refractivity contribution in [3.05, 3.63) is 29.3 Å². The molecule has 0 aliphatic carbocycles. The first-order valence-electron chi connectivity index (χ1n) is 5.81. The fourth-order valence-electron chi connectivity index (χ4n) is 2.25. The number of hydrogen-bond donors (Lipinski definition) is 2. The first-order chi connectivity index (χ1) is 8.85. The number of carboxylic acids is 1. The second-order valence-electron chi connectivity index (χ2n) is 4.69. The van der Waals surface area contributed by atoms with Crippen LogP contribution in [0.1, 0.15) is 12.8 Å². The second-order valence-corrected chi connectivity index (χ2v) is 7.28. The molecule has 1 aromatic rings. The summed E-state index contributed by atoms with van der Waals surface area (Å²) >= 11 is 5.98. The quantitative estimate of drug-likeness (QED) is 0.889. The van der Waals surface area contributed by atoms with Crippen LogP contribution in [0.25, 0.3) is 0 Å². The Hall–Kier alpha value is -1.27. The Bertz CT molecular complexity index is 602. The number of carboxylic acid groups (broad SMARTS) is 1. The third-order valence-corrected chi connectivity index (χ3v) is 5.36. The van der Waals surface area contributed by atoms with E-state index >= 15 is 0 Å². The van der Waals surface area contributed by atoms with E-state index in [-0.39, 0.29) is 12.2 Å². The molecule has 1 aliphatic heterocycles. The summed E-state index contributed by atoms with van der Waals surface area (Å²) in [6.45, 7) is 0. The SMILES string of the molecule is O=C(O)C1(Nc2ccccc2Cl)CCCS(=O)(=O)C1. The van der Waals surface area contributed by atoms with Crippen molar-refractivity contribution in [1.82, 2.24) is 0 Å². The summed E-state index contributed by atoms with van der Waals surface area (Å²) in [5.41, 5.74) is -1.06. The number of halogens is 1. The highest BCUT2D eigenvalue weighted by Gasteiger charge is 2.45. The summed E-state index contributed by atoms with van der Waals surface area (Å²) in [5, 5.41) is 12.6. The third-order valence-electron chi connectivity index (χ3n) is 3.18. The van der Waals surface area contributed by atoms with Gasteiger partial charge in [-0.05, 0) is 25.0 Å². The first-order valence-corrected chi connectivity index (χ1v) is 8.01. The summed E-state index contributed by atoms with van der Waals surface area (Å²) in [7, 11) is -3.35. The Morgan fingerprint density at radius 2 is 2.05 bits per heavy atom. The Kier molecular flexibility index (Phi) is 3.73. The molecule has 0 saturated carbocycles. The molecule has 0 aromatic heterocycles. The minimum absolute atomic E-state index is 0.0340. The molecule has 0 amide bonds. The zero-order valence-corrected chi connectivity index (χ0v) is 11.7. The molecule has 1 saturated heterocycles. The van der Waals surface area contributed by atoms with Gasteiger partial charge in [0.1, 0.15) is 5.54 Å². The molecule has 1 aliphatic rings. The van der Waals surface area contributed by atoms with Crippen molar-refractivity contribution in [3.63, 3.8) is 0 Å². The standard InChI is InChI=1S/C12H14ClNO4S/c13-9-4-1-2-5-10(9)14-12(11(15)16)6-3-7-19(17,18)8-12/h1-2,4-5,14H,3,6-8H2,(H,15,16). The van der Waals surface area contributed by atoms with E-state index in [4.69, 9.17) is 11.6 Å². The summed E-state index contributed by atoms with van der Waals surface area (Å²) in [4.78, 5) is 11.5. The van der Waals surface area contributed by atoms with E-state index < -0.39 is 27.1 Å². The Morgan fingerprint density at radius 1 is 1.37 bits per heavy atom. The number of nitrogens with one attached hydrogen (secondary N) is 1. The van der Waals surface area contributed by atoms with Crippen molar-refractivity contribution in [1.29, 1.82) is 0 Å². The molecule has 2 rings (SSSR count). The van der Waals surface area contributed by atoms with E-state index in [2.05, 4.69) is 5.32 Å². The fraction of sp³-hybridized carbons (Fsp3) is 0.417. The Balaban J connectivity index is 2.36. The van der Waals surface area contributed by atoms with Crippen molar-refractivity contribution in [3.8, 4) is 0 Å². The number of anilines is 1. The maximum absolute atomic E-state index is 11.7. The predicted octanol–water partition coefficient (Wildman–Crippen LogP) is 1.78. The maximum atomic E-state index is 11.7. The van der Waals surface area contributed by atoms with Gasteiger partial charge in [-0.25, -0.2) is 13.2 Å². The van der Waals surface area contributed by atoms with Gasteiger partial charge < -0.3 is 10.4 Å². The highest BCUT2D eigenvalue weighted by Crippen LogP contribution is 2.31. The van der Waals surface area contributed by atoms with E-state index in [1.807, 2.05) is 0 Å². The molecule has 19 heavy (non-hydrogen) atoms. The number of carbonyl (C=O) groups is 1. The minimum Gasteiger partial charge on any atom is -0.479 e. The molecule has 1 atom stereocenters. The average Bonchev–Trinajstić information content (AvgIpc) is 2.30. The lowest BCUT2D eigenvalue weighted by molar-refractivity contribution is -0.141. The molecule has 0 bridgehead atoms. The Morgan fingerprint density at radius 3 is 2.63 bits per heavy atom. The molecule has 7 heteroatoms. The number of para-hydroxylation sites is 1. The molecular formula is C12H14ClNO4S. The Labute approximate surface area is 116 Å². The van der Waals surface area contributed by atoms with Gasteiger partial charge in [0, 0.05) is 0 Å². The summed E-state index contributed by atoms with van der Waals surface area (Å²) in [5.74, 6) is -1.55. The van der Waals surface area contributed by atoms with Gasteiger partial charge in [0.25, 0.3) is 0 Å². The zero-order chi connectivity index (χ0) is 14.1. The molecule has 0 spiro atoms. The van der Waals surface area contributed by atoms with Crippen molar-refractivity contribution in [2.75, 3.05) is 16.8 Å². The van der Waals surface area contributed by atoms with Crippen LogP contribution in [0.15, 0.2) is 24.3 Å². The number of benzene rings is 1. The van der Waals surface area contributed by atoms with Crippen LogP contribution in [0.3, 0.4) is 0 Å². The van der Waals surface area contributed by atoms with Gasteiger partial charge in [-0.2, -0.15) is 0 Å². The van der Waals surface area contributed by atoms with Crippen LogP contribution in [0.2, 0.25) is 5.02 Å².